The number of nitrogens with one attached hydrogen (secondary N) is 2. The Labute approximate surface area is 121 Å². The van der Waals surface area contributed by atoms with Crippen molar-refractivity contribution in [2.75, 3.05) is 6.54 Å². The Morgan fingerprint density at radius 3 is 3.05 bits per heavy atom. The number of ether oxygens (including phenoxy) is 1. The molecule has 0 atom stereocenters. The van der Waals surface area contributed by atoms with Gasteiger partial charge >= 0.3 is 0 Å². The number of H-pyrrole nitrogens is 1. The Kier molecular flexibility index (Phi) is 2.86. The van der Waals surface area contributed by atoms with E-state index in [0.29, 0.717) is 5.75 Å². The predicted molar refractivity (Wildman–Crippen MR) is 78.0 cm³/mol. The number of hydrogen-bond acceptors (Lipinski definition) is 3. The maximum atomic E-state index is 14.2. The van der Waals surface area contributed by atoms with Crippen LogP contribution < -0.4 is 10.1 Å². The predicted octanol–water partition coefficient (Wildman–Crippen LogP) is 3.14. The minimum atomic E-state index is -0.323. The van der Waals surface area contributed by atoms with Crippen LogP contribution in [0.5, 0.6) is 11.5 Å². The number of aromatic nitrogens is 2. The quantitative estimate of drug-likeness (QED) is 0.759. The molecular formula is C16H14FN3O. The molecule has 0 amide bonds. The molecule has 0 saturated carbocycles. The highest BCUT2D eigenvalue weighted by molar-refractivity contribution is 5.82. The molecule has 5 heteroatoms. The van der Waals surface area contributed by atoms with Crippen LogP contribution in [0.25, 0.3) is 11.0 Å². The minimum Gasteiger partial charge on any atom is -0.453 e. The molecule has 0 spiro atoms. The van der Waals surface area contributed by atoms with Gasteiger partial charge in [-0.3, -0.25) is 0 Å². The summed E-state index contributed by atoms with van der Waals surface area (Å²) in [6, 6.07) is 6.99. The van der Waals surface area contributed by atoms with Gasteiger partial charge in [0, 0.05) is 18.9 Å². The van der Waals surface area contributed by atoms with Crippen molar-refractivity contribution in [3.05, 3.63) is 53.6 Å². The van der Waals surface area contributed by atoms with Crippen molar-refractivity contribution in [3.8, 4) is 11.5 Å². The fourth-order valence-corrected chi connectivity index (χ4v) is 2.70. The lowest BCUT2D eigenvalue weighted by Gasteiger charge is -2.18. The van der Waals surface area contributed by atoms with E-state index in [0.717, 1.165) is 41.7 Å². The van der Waals surface area contributed by atoms with Crippen molar-refractivity contribution in [2.24, 2.45) is 0 Å². The van der Waals surface area contributed by atoms with Gasteiger partial charge < -0.3 is 15.0 Å². The molecule has 4 nitrogen and oxygen atoms in total. The zero-order chi connectivity index (χ0) is 14.2. The Balaban J connectivity index is 1.75. The van der Waals surface area contributed by atoms with Crippen LogP contribution in [-0.2, 0) is 13.0 Å². The maximum Gasteiger partial charge on any atom is 0.166 e. The van der Waals surface area contributed by atoms with E-state index in [9.17, 15) is 4.39 Å². The Morgan fingerprint density at radius 2 is 2.10 bits per heavy atom. The fourth-order valence-electron chi connectivity index (χ4n) is 2.70. The van der Waals surface area contributed by atoms with Crippen molar-refractivity contribution < 1.29 is 9.13 Å². The van der Waals surface area contributed by atoms with Crippen molar-refractivity contribution in [1.82, 2.24) is 15.3 Å². The first-order valence-electron chi connectivity index (χ1n) is 6.93. The SMILES string of the molecule is Fc1cc2c(cc1Oc1ccnc3[nH]ccc13)CNCC2. The molecular weight excluding hydrogens is 269 g/mol. The van der Waals surface area contributed by atoms with Crippen LogP contribution >= 0.6 is 0 Å². The van der Waals surface area contributed by atoms with Crippen LogP contribution in [0.3, 0.4) is 0 Å². The van der Waals surface area contributed by atoms with Gasteiger partial charge in [0.2, 0.25) is 0 Å². The molecule has 0 unspecified atom stereocenters. The second kappa shape index (κ2) is 4.86. The third-order valence-corrected chi connectivity index (χ3v) is 3.78. The molecule has 0 saturated heterocycles. The summed E-state index contributed by atoms with van der Waals surface area (Å²) in [5.41, 5.74) is 2.88. The van der Waals surface area contributed by atoms with E-state index < -0.39 is 0 Å². The molecule has 0 bridgehead atoms. The van der Waals surface area contributed by atoms with E-state index in [1.165, 1.54) is 0 Å². The first-order valence-corrected chi connectivity index (χ1v) is 6.93. The third-order valence-electron chi connectivity index (χ3n) is 3.78. The van der Waals surface area contributed by atoms with Gasteiger partial charge in [-0.05, 0) is 48.4 Å². The summed E-state index contributed by atoms with van der Waals surface area (Å²) < 4.78 is 20.0. The Bertz CT molecular complexity index is 812. The summed E-state index contributed by atoms with van der Waals surface area (Å²) in [7, 11) is 0. The largest absolute Gasteiger partial charge is 0.453 e. The van der Waals surface area contributed by atoms with Gasteiger partial charge in [0.15, 0.2) is 11.6 Å². The number of fused-ring (bicyclic) bond motifs is 2. The lowest BCUT2D eigenvalue weighted by Crippen LogP contribution is -2.23. The number of rotatable bonds is 2. The van der Waals surface area contributed by atoms with E-state index in [4.69, 9.17) is 4.74 Å². The summed E-state index contributed by atoms with van der Waals surface area (Å²) in [4.78, 5) is 7.21. The van der Waals surface area contributed by atoms with Crippen LogP contribution in [0.15, 0.2) is 36.7 Å². The summed E-state index contributed by atoms with van der Waals surface area (Å²) in [5.74, 6) is 0.533. The zero-order valence-electron chi connectivity index (χ0n) is 11.3. The van der Waals surface area contributed by atoms with Gasteiger partial charge in [-0.15, -0.1) is 0 Å². The van der Waals surface area contributed by atoms with Gasteiger partial charge in [0.05, 0.1) is 5.39 Å². The number of benzene rings is 1. The molecule has 3 aromatic rings. The highest BCUT2D eigenvalue weighted by atomic mass is 19.1. The minimum absolute atomic E-state index is 0.256. The summed E-state index contributed by atoms with van der Waals surface area (Å²) in [6.07, 6.45) is 4.29. The van der Waals surface area contributed by atoms with E-state index >= 15 is 0 Å². The van der Waals surface area contributed by atoms with Crippen LogP contribution in [0.4, 0.5) is 4.39 Å². The second-order valence-corrected chi connectivity index (χ2v) is 5.13. The number of aromatic amines is 1. The number of nitrogens with zero attached hydrogens (tertiary/aromatic N) is 1. The number of halogens is 1. The summed E-state index contributed by atoms with van der Waals surface area (Å²) in [5, 5.41) is 4.12. The normalized spacial score (nSPS) is 14.1. The first kappa shape index (κ1) is 12.3. The number of pyridine rings is 1. The van der Waals surface area contributed by atoms with Crippen LogP contribution in [0.2, 0.25) is 0 Å². The van der Waals surface area contributed by atoms with E-state index in [1.807, 2.05) is 6.07 Å². The molecule has 1 aliphatic heterocycles. The molecule has 3 heterocycles. The van der Waals surface area contributed by atoms with Crippen LogP contribution in [0.1, 0.15) is 11.1 Å². The Morgan fingerprint density at radius 1 is 1.14 bits per heavy atom. The lowest BCUT2D eigenvalue weighted by atomic mass is 10.0. The monoisotopic (exact) mass is 283 g/mol. The molecule has 2 aromatic heterocycles. The van der Waals surface area contributed by atoms with Crippen molar-refractivity contribution >= 4 is 11.0 Å². The maximum absolute atomic E-state index is 14.2. The van der Waals surface area contributed by atoms with Crippen LogP contribution in [-0.4, -0.2) is 16.5 Å². The highest BCUT2D eigenvalue weighted by Crippen LogP contribution is 2.32. The van der Waals surface area contributed by atoms with E-state index in [-0.39, 0.29) is 11.6 Å². The standard InChI is InChI=1S/C16H14FN3O/c17-13-7-10-1-4-18-9-11(10)8-15(13)21-14-3-6-20-16-12(14)2-5-19-16/h2-3,5-8,18H,1,4,9H2,(H,19,20). The third kappa shape index (κ3) is 2.15. The second-order valence-electron chi connectivity index (χ2n) is 5.13. The molecule has 106 valence electrons. The Hall–Kier alpha value is -2.40. The molecule has 2 N–H and O–H groups in total. The van der Waals surface area contributed by atoms with Crippen molar-refractivity contribution in [1.29, 1.82) is 0 Å². The fraction of sp³-hybridized carbons (Fsp3) is 0.188. The summed E-state index contributed by atoms with van der Waals surface area (Å²) in [6.45, 7) is 1.64. The van der Waals surface area contributed by atoms with E-state index in [1.54, 1.807) is 30.6 Å². The molecule has 1 aliphatic rings. The molecule has 21 heavy (non-hydrogen) atoms. The first-order chi connectivity index (χ1) is 10.3. The molecule has 1 aromatic carbocycles. The molecule has 0 radical (unpaired) electrons. The molecule has 4 rings (SSSR count). The highest BCUT2D eigenvalue weighted by Gasteiger charge is 2.15. The smallest absolute Gasteiger partial charge is 0.166 e. The van der Waals surface area contributed by atoms with E-state index in [2.05, 4.69) is 15.3 Å². The average molecular weight is 283 g/mol. The van der Waals surface area contributed by atoms with Gasteiger partial charge in [0.1, 0.15) is 11.4 Å². The molecule has 0 fully saturated rings. The zero-order valence-corrected chi connectivity index (χ0v) is 11.3. The lowest BCUT2D eigenvalue weighted by molar-refractivity contribution is 0.443. The van der Waals surface area contributed by atoms with Gasteiger partial charge in [0.25, 0.3) is 0 Å². The summed E-state index contributed by atoms with van der Waals surface area (Å²) >= 11 is 0. The van der Waals surface area contributed by atoms with Crippen molar-refractivity contribution in [3.63, 3.8) is 0 Å². The van der Waals surface area contributed by atoms with Gasteiger partial charge in [-0.25, -0.2) is 9.37 Å². The number of hydrogen-bond donors (Lipinski definition) is 2. The average Bonchev–Trinajstić information content (AvgIpc) is 2.97. The van der Waals surface area contributed by atoms with Gasteiger partial charge in [-0.1, -0.05) is 0 Å². The van der Waals surface area contributed by atoms with Crippen LogP contribution in [0, 0.1) is 5.82 Å². The van der Waals surface area contributed by atoms with Crippen molar-refractivity contribution in [2.45, 2.75) is 13.0 Å². The molecule has 0 aliphatic carbocycles. The topological polar surface area (TPSA) is 49.9 Å². The van der Waals surface area contributed by atoms with Gasteiger partial charge in [-0.2, -0.15) is 0 Å².